The van der Waals surface area contributed by atoms with Crippen LogP contribution in [0.1, 0.15) is 32.2 Å². The van der Waals surface area contributed by atoms with E-state index >= 15 is 0 Å². The largest absolute Gasteiger partial charge is 0.323 e. The Morgan fingerprint density at radius 2 is 2.12 bits per heavy atom. The summed E-state index contributed by atoms with van der Waals surface area (Å²) in [5.74, 6) is 0. The van der Waals surface area contributed by atoms with Gasteiger partial charge in [-0.05, 0) is 26.3 Å². The summed E-state index contributed by atoms with van der Waals surface area (Å²) in [5.41, 5.74) is 8.52. The average molecular weight is 222 g/mol. The molecule has 1 aromatic rings. The molecule has 1 aromatic heterocycles. The number of likely N-dealkylation sites (tertiary alicyclic amines) is 1. The van der Waals surface area contributed by atoms with E-state index in [0.717, 1.165) is 32.6 Å². The molecule has 0 saturated carbocycles. The van der Waals surface area contributed by atoms with Gasteiger partial charge in [-0.25, -0.2) is 0 Å². The van der Waals surface area contributed by atoms with E-state index in [0.29, 0.717) is 0 Å². The summed E-state index contributed by atoms with van der Waals surface area (Å²) in [6.45, 7) is 10.3. The lowest BCUT2D eigenvalue weighted by Gasteiger charge is -2.45. The second-order valence-corrected chi connectivity index (χ2v) is 5.10. The smallest absolute Gasteiger partial charge is 0.0625 e. The van der Waals surface area contributed by atoms with E-state index in [1.165, 1.54) is 11.4 Å². The summed E-state index contributed by atoms with van der Waals surface area (Å²) in [4.78, 5) is 2.38. The predicted octanol–water partition coefficient (Wildman–Crippen LogP) is 0.998. The Bertz CT molecular complexity index is 359. The van der Waals surface area contributed by atoms with Crippen molar-refractivity contribution in [3.8, 4) is 0 Å². The van der Waals surface area contributed by atoms with Gasteiger partial charge in [0.25, 0.3) is 0 Å². The molecule has 4 heteroatoms. The number of hydrogen-bond acceptors (Lipinski definition) is 3. The summed E-state index contributed by atoms with van der Waals surface area (Å²) in [5, 5.41) is 4.55. The van der Waals surface area contributed by atoms with Crippen molar-refractivity contribution in [1.29, 1.82) is 0 Å². The summed E-state index contributed by atoms with van der Waals surface area (Å²) < 4.78 is 2.10. The molecule has 16 heavy (non-hydrogen) atoms. The molecule has 0 spiro atoms. The van der Waals surface area contributed by atoms with E-state index < -0.39 is 0 Å². The second-order valence-electron chi connectivity index (χ2n) is 5.10. The highest BCUT2D eigenvalue weighted by atomic mass is 15.3. The fraction of sp³-hybridized carbons (Fsp3) is 0.750. The highest BCUT2D eigenvalue weighted by molar-refractivity contribution is 5.12. The van der Waals surface area contributed by atoms with Crippen LogP contribution < -0.4 is 5.73 Å². The predicted molar refractivity (Wildman–Crippen MR) is 65.1 cm³/mol. The minimum absolute atomic E-state index is 0.0185. The van der Waals surface area contributed by atoms with Gasteiger partial charge in [-0.1, -0.05) is 6.92 Å². The number of aryl methyl sites for hydroxylation is 2. The SMILES string of the molecule is CCc1cc(CN2CC(C)(N)C2)n(CC)n1. The summed E-state index contributed by atoms with van der Waals surface area (Å²) in [7, 11) is 0. The Hall–Kier alpha value is -0.870. The van der Waals surface area contributed by atoms with Crippen LogP contribution in [-0.2, 0) is 19.5 Å². The van der Waals surface area contributed by atoms with E-state index in [2.05, 4.69) is 41.5 Å². The number of nitrogens with two attached hydrogens (primary N) is 1. The monoisotopic (exact) mass is 222 g/mol. The molecule has 0 aromatic carbocycles. The van der Waals surface area contributed by atoms with Crippen LogP contribution in [0.4, 0.5) is 0 Å². The first-order valence-corrected chi connectivity index (χ1v) is 6.11. The van der Waals surface area contributed by atoms with Gasteiger partial charge in [0.15, 0.2) is 0 Å². The first kappa shape index (κ1) is 11.6. The van der Waals surface area contributed by atoms with Crippen molar-refractivity contribution in [2.75, 3.05) is 13.1 Å². The summed E-state index contributed by atoms with van der Waals surface area (Å²) >= 11 is 0. The quantitative estimate of drug-likeness (QED) is 0.826. The van der Waals surface area contributed by atoms with Gasteiger partial charge < -0.3 is 5.73 Å². The molecule has 0 unspecified atom stereocenters. The lowest BCUT2D eigenvalue weighted by atomic mass is 9.94. The van der Waals surface area contributed by atoms with Crippen LogP contribution in [-0.4, -0.2) is 33.3 Å². The van der Waals surface area contributed by atoms with Crippen molar-refractivity contribution in [2.45, 2.75) is 45.8 Å². The molecule has 1 aliphatic heterocycles. The van der Waals surface area contributed by atoms with E-state index in [1.54, 1.807) is 0 Å². The van der Waals surface area contributed by atoms with Crippen LogP contribution in [0.3, 0.4) is 0 Å². The minimum Gasteiger partial charge on any atom is -0.323 e. The third-order valence-corrected chi connectivity index (χ3v) is 3.13. The van der Waals surface area contributed by atoms with Gasteiger partial charge >= 0.3 is 0 Å². The molecule has 4 nitrogen and oxygen atoms in total. The molecular formula is C12H22N4. The van der Waals surface area contributed by atoms with Gasteiger partial charge in [-0.3, -0.25) is 9.58 Å². The van der Waals surface area contributed by atoms with Crippen LogP contribution in [0, 0.1) is 0 Å². The van der Waals surface area contributed by atoms with Crippen LogP contribution in [0.2, 0.25) is 0 Å². The highest BCUT2D eigenvalue weighted by Gasteiger charge is 2.34. The third kappa shape index (κ3) is 2.28. The second kappa shape index (κ2) is 4.18. The Balaban J connectivity index is 2.01. The van der Waals surface area contributed by atoms with Crippen LogP contribution >= 0.6 is 0 Å². The van der Waals surface area contributed by atoms with Gasteiger partial charge in [-0.2, -0.15) is 5.10 Å². The number of nitrogens with zero attached hydrogens (tertiary/aromatic N) is 3. The molecule has 2 N–H and O–H groups in total. The van der Waals surface area contributed by atoms with Crippen LogP contribution in [0.25, 0.3) is 0 Å². The van der Waals surface area contributed by atoms with Crippen LogP contribution in [0.5, 0.6) is 0 Å². The average Bonchev–Trinajstić information content (AvgIpc) is 2.57. The molecule has 1 saturated heterocycles. The zero-order valence-corrected chi connectivity index (χ0v) is 10.5. The third-order valence-electron chi connectivity index (χ3n) is 3.13. The Morgan fingerprint density at radius 3 is 2.62 bits per heavy atom. The van der Waals surface area contributed by atoms with Crippen molar-refractivity contribution in [3.05, 3.63) is 17.5 Å². The molecule has 1 fully saturated rings. The maximum Gasteiger partial charge on any atom is 0.0625 e. The molecule has 0 aliphatic carbocycles. The van der Waals surface area contributed by atoms with Crippen molar-refractivity contribution in [3.63, 3.8) is 0 Å². The van der Waals surface area contributed by atoms with Crippen LogP contribution in [0.15, 0.2) is 6.07 Å². The van der Waals surface area contributed by atoms with Gasteiger partial charge in [-0.15, -0.1) is 0 Å². The molecule has 0 radical (unpaired) electrons. The zero-order chi connectivity index (χ0) is 11.8. The number of rotatable bonds is 4. The van der Waals surface area contributed by atoms with Gasteiger partial charge in [0, 0.05) is 31.7 Å². The van der Waals surface area contributed by atoms with E-state index in [9.17, 15) is 0 Å². The topological polar surface area (TPSA) is 47.1 Å². The van der Waals surface area contributed by atoms with E-state index in [4.69, 9.17) is 5.73 Å². The minimum atomic E-state index is 0.0185. The molecule has 1 aliphatic rings. The fourth-order valence-electron chi connectivity index (χ4n) is 2.41. The number of aromatic nitrogens is 2. The molecule has 0 amide bonds. The van der Waals surface area contributed by atoms with Crippen molar-refractivity contribution >= 4 is 0 Å². The Morgan fingerprint density at radius 1 is 1.44 bits per heavy atom. The zero-order valence-electron chi connectivity index (χ0n) is 10.5. The molecule has 0 bridgehead atoms. The maximum absolute atomic E-state index is 6.00. The first-order chi connectivity index (χ1) is 7.54. The van der Waals surface area contributed by atoms with Gasteiger partial charge in [0.2, 0.25) is 0 Å². The lowest BCUT2D eigenvalue weighted by molar-refractivity contribution is 0.0736. The lowest BCUT2D eigenvalue weighted by Crippen LogP contribution is -2.64. The van der Waals surface area contributed by atoms with E-state index in [1.807, 2.05) is 0 Å². The number of hydrogen-bond donors (Lipinski definition) is 1. The Kier molecular flexibility index (Phi) is 3.04. The molecule has 0 atom stereocenters. The molecular weight excluding hydrogens is 200 g/mol. The van der Waals surface area contributed by atoms with Crippen molar-refractivity contribution in [2.24, 2.45) is 5.73 Å². The normalized spacial score (nSPS) is 19.8. The van der Waals surface area contributed by atoms with E-state index in [-0.39, 0.29) is 5.54 Å². The molecule has 2 heterocycles. The standard InChI is InChI=1S/C12H22N4/c1-4-10-6-11(16(5-2)14-10)7-15-8-12(3,13)9-15/h6H,4-5,7-9,13H2,1-3H3. The highest BCUT2D eigenvalue weighted by Crippen LogP contribution is 2.20. The van der Waals surface area contributed by atoms with Gasteiger partial charge in [0.05, 0.1) is 11.4 Å². The molecule has 90 valence electrons. The van der Waals surface area contributed by atoms with Crippen molar-refractivity contribution < 1.29 is 0 Å². The Labute approximate surface area is 97.4 Å². The summed E-state index contributed by atoms with van der Waals surface area (Å²) in [6.07, 6.45) is 1.01. The summed E-state index contributed by atoms with van der Waals surface area (Å²) in [6, 6.07) is 2.22. The van der Waals surface area contributed by atoms with Crippen molar-refractivity contribution in [1.82, 2.24) is 14.7 Å². The first-order valence-electron chi connectivity index (χ1n) is 6.11. The molecule has 2 rings (SSSR count). The fourth-order valence-corrected chi connectivity index (χ4v) is 2.41. The maximum atomic E-state index is 6.00. The van der Waals surface area contributed by atoms with Gasteiger partial charge in [0.1, 0.15) is 0 Å².